The van der Waals surface area contributed by atoms with E-state index in [-0.39, 0.29) is 11.3 Å². The number of rotatable bonds is 5. The number of carboxylic acids is 1. The van der Waals surface area contributed by atoms with Gasteiger partial charge in [-0.05, 0) is 18.2 Å². The number of carboxylic acid groups (broad SMARTS) is 1. The van der Waals surface area contributed by atoms with Crippen molar-refractivity contribution in [3.8, 4) is 0 Å². The number of aromatic nitrogens is 3. The average molecular weight is 354 g/mol. The lowest BCUT2D eigenvalue weighted by Gasteiger charge is -2.10. The zero-order chi connectivity index (χ0) is 15.2. The second kappa shape index (κ2) is 6.84. The number of aromatic carboxylic acids is 1. The van der Waals surface area contributed by atoms with Crippen molar-refractivity contribution in [3.63, 3.8) is 0 Å². The Labute approximate surface area is 128 Å². The fraction of sp³-hybridized carbons (Fsp3) is 0.167. The first-order valence-corrected chi connectivity index (χ1v) is 6.77. The molecule has 2 rings (SSSR count). The molecule has 3 N–H and O–H groups in total. The van der Waals surface area contributed by atoms with Gasteiger partial charge in [0.1, 0.15) is 0 Å². The molecular weight excluding hydrogens is 342 g/mol. The van der Waals surface area contributed by atoms with Crippen molar-refractivity contribution in [2.75, 3.05) is 11.9 Å². The van der Waals surface area contributed by atoms with E-state index in [1.54, 1.807) is 23.1 Å². The van der Waals surface area contributed by atoms with Gasteiger partial charge in [-0.1, -0.05) is 21.1 Å². The SMILES string of the molecule is O=C(NCCn1ccnn1)Nc1ccc(Br)cc1C(=O)O. The van der Waals surface area contributed by atoms with E-state index in [2.05, 4.69) is 36.9 Å². The zero-order valence-electron chi connectivity index (χ0n) is 10.8. The van der Waals surface area contributed by atoms with Crippen LogP contribution in [0.4, 0.5) is 10.5 Å². The molecule has 1 heterocycles. The summed E-state index contributed by atoms with van der Waals surface area (Å²) in [7, 11) is 0. The van der Waals surface area contributed by atoms with Crippen LogP contribution in [-0.4, -0.2) is 38.6 Å². The third-order valence-corrected chi connectivity index (χ3v) is 3.05. The second-order valence-corrected chi connectivity index (χ2v) is 4.96. The van der Waals surface area contributed by atoms with E-state index in [9.17, 15) is 9.59 Å². The Morgan fingerprint density at radius 2 is 2.19 bits per heavy atom. The minimum absolute atomic E-state index is 0.0100. The molecule has 0 spiro atoms. The molecule has 8 nitrogen and oxygen atoms in total. The standard InChI is InChI=1S/C12H12BrN5O3/c13-8-1-2-10(9(7-8)11(19)20)16-12(21)14-3-5-18-6-4-15-17-18/h1-2,4,6-7H,3,5H2,(H,19,20)(H2,14,16,21). The molecule has 9 heteroatoms. The maximum absolute atomic E-state index is 11.7. The Morgan fingerprint density at radius 1 is 1.38 bits per heavy atom. The van der Waals surface area contributed by atoms with Crippen molar-refractivity contribution in [2.45, 2.75) is 6.54 Å². The zero-order valence-corrected chi connectivity index (χ0v) is 12.4. The van der Waals surface area contributed by atoms with Crippen LogP contribution >= 0.6 is 15.9 Å². The van der Waals surface area contributed by atoms with Gasteiger partial charge in [0, 0.05) is 17.2 Å². The predicted octanol–water partition coefficient (Wildman–Crippen LogP) is 1.56. The molecule has 0 bridgehead atoms. The van der Waals surface area contributed by atoms with Gasteiger partial charge in [-0.15, -0.1) is 5.10 Å². The first kappa shape index (κ1) is 15.0. The van der Waals surface area contributed by atoms with Crippen LogP contribution < -0.4 is 10.6 Å². The summed E-state index contributed by atoms with van der Waals surface area (Å²) in [5.41, 5.74) is 0.236. The van der Waals surface area contributed by atoms with E-state index in [4.69, 9.17) is 5.11 Å². The summed E-state index contributed by atoms with van der Waals surface area (Å²) in [6, 6.07) is 4.11. The van der Waals surface area contributed by atoms with Gasteiger partial charge in [0.25, 0.3) is 0 Å². The van der Waals surface area contributed by atoms with E-state index in [0.29, 0.717) is 17.6 Å². The van der Waals surface area contributed by atoms with Crippen LogP contribution in [0.1, 0.15) is 10.4 Å². The first-order valence-electron chi connectivity index (χ1n) is 5.98. The summed E-state index contributed by atoms with van der Waals surface area (Å²) in [5, 5.41) is 21.6. The number of amides is 2. The number of nitrogens with one attached hydrogen (secondary N) is 2. The van der Waals surface area contributed by atoms with Crippen molar-refractivity contribution >= 4 is 33.6 Å². The Kier molecular flexibility index (Phi) is 4.88. The molecule has 21 heavy (non-hydrogen) atoms. The van der Waals surface area contributed by atoms with E-state index in [1.807, 2.05) is 0 Å². The lowest BCUT2D eigenvalue weighted by atomic mass is 10.2. The van der Waals surface area contributed by atoms with Crippen molar-refractivity contribution in [3.05, 3.63) is 40.6 Å². The van der Waals surface area contributed by atoms with Gasteiger partial charge < -0.3 is 15.7 Å². The van der Waals surface area contributed by atoms with Crippen LogP contribution in [-0.2, 0) is 6.54 Å². The monoisotopic (exact) mass is 353 g/mol. The molecule has 0 saturated heterocycles. The highest BCUT2D eigenvalue weighted by molar-refractivity contribution is 9.10. The topological polar surface area (TPSA) is 109 Å². The number of urea groups is 1. The van der Waals surface area contributed by atoms with Gasteiger partial charge in [-0.25, -0.2) is 9.59 Å². The minimum Gasteiger partial charge on any atom is -0.478 e. The first-order chi connectivity index (χ1) is 10.1. The molecule has 2 aromatic rings. The third-order valence-electron chi connectivity index (χ3n) is 2.56. The predicted molar refractivity (Wildman–Crippen MR) is 78.1 cm³/mol. The number of hydrogen-bond acceptors (Lipinski definition) is 4. The summed E-state index contributed by atoms with van der Waals surface area (Å²) in [6.45, 7) is 0.813. The summed E-state index contributed by atoms with van der Waals surface area (Å²) in [5.74, 6) is -1.12. The van der Waals surface area contributed by atoms with Gasteiger partial charge in [0.15, 0.2) is 0 Å². The highest BCUT2D eigenvalue weighted by Crippen LogP contribution is 2.21. The number of halogens is 1. The molecule has 1 aromatic heterocycles. The Balaban J connectivity index is 1.92. The molecule has 0 aliphatic rings. The minimum atomic E-state index is -1.12. The summed E-state index contributed by atoms with van der Waals surface area (Å²) >= 11 is 3.19. The van der Waals surface area contributed by atoms with Crippen molar-refractivity contribution in [2.24, 2.45) is 0 Å². The van der Waals surface area contributed by atoms with E-state index < -0.39 is 12.0 Å². The summed E-state index contributed by atoms with van der Waals surface area (Å²) < 4.78 is 2.19. The smallest absolute Gasteiger partial charge is 0.337 e. The molecule has 0 radical (unpaired) electrons. The Bertz CT molecular complexity index is 644. The lowest BCUT2D eigenvalue weighted by molar-refractivity contribution is 0.0698. The molecule has 0 saturated carbocycles. The summed E-state index contributed by atoms with van der Waals surface area (Å²) in [6.07, 6.45) is 3.22. The maximum atomic E-state index is 11.7. The fourth-order valence-corrected chi connectivity index (χ4v) is 1.97. The number of hydrogen-bond donors (Lipinski definition) is 3. The van der Waals surface area contributed by atoms with E-state index in [1.165, 1.54) is 12.1 Å². The number of carbonyl (C=O) groups excluding carboxylic acids is 1. The number of carbonyl (C=O) groups is 2. The summed E-state index contributed by atoms with van der Waals surface area (Å²) in [4.78, 5) is 22.8. The molecule has 2 amide bonds. The van der Waals surface area contributed by atoms with Gasteiger partial charge in [0.05, 0.1) is 24.0 Å². The van der Waals surface area contributed by atoms with Gasteiger partial charge in [0.2, 0.25) is 0 Å². The van der Waals surface area contributed by atoms with Crippen LogP contribution in [0.2, 0.25) is 0 Å². The van der Waals surface area contributed by atoms with Crippen molar-refractivity contribution in [1.29, 1.82) is 0 Å². The van der Waals surface area contributed by atoms with Crippen LogP contribution in [0.3, 0.4) is 0 Å². The fourth-order valence-electron chi connectivity index (χ4n) is 1.60. The lowest BCUT2D eigenvalue weighted by Crippen LogP contribution is -2.32. The molecule has 0 aliphatic carbocycles. The quantitative estimate of drug-likeness (QED) is 0.755. The van der Waals surface area contributed by atoms with Gasteiger partial charge in [-0.3, -0.25) is 4.68 Å². The third kappa shape index (κ3) is 4.28. The Morgan fingerprint density at radius 3 is 2.86 bits per heavy atom. The van der Waals surface area contributed by atoms with Crippen molar-refractivity contribution in [1.82, 2.24) is 20.3 Å². The second-order valence-electron chi connectivity index (χ2n) is 4.04. The Hall–Kier alpha value is -2.42. The molecule has 0 fully saturated rings. The van der Waals surface area contributed by atoms with E-state index >= 15 is 0 Å². The van der Waals surface area contributed by atoms with Crippen LogP contribution in [0.5, 0.6) is 0 Å². The van der Waals surface area contributed by atoms with Gasteiger partial charge in [-0.2, -0.15) is 0 Å². The molecule has 0 atom stereocenters. The molecule has 1 aromatic carbocycles. The highest BCUT2D eigenvalue weighted by atomic mass is 79.9. The molecule has 0 aliphatic heterocycles. The average Bonchev–Trinajstić information content (AvgIpc) is 2.94. The van der Waals surface area contributed by atoms with Crippen molar-refractivity contribution < 1.29 is 14.7 Å². The number of benzene rings is 1. The normalized spacial score (nSPS) is 10.1. The van der Waals surface area contributed by atoms with Crippen LogP contribution in [0, 0.1) is 0 Å². The van der Waals surface area contributed by atoms with Gasteiger partial charge >= 0.3 is 12.0 Å². The molecule has 0 unspecified atom stereocenters. The van der Waals surface area contributed by atoms with Crippen LogP contribution in [0.25, 0.3) is 0 Å². The van der Waals surface area contributed by atoms with E-state index in [0.717, 1.165) is 0 Å². The number of nitrogens with zero attached hydrogens (tertiary/aromatic N) is 3. The maximum Gasteiger partial charge on any atom is 0.337 e. The largest absolute Gasteiger partial charge is 0.478 e. The highest BCUT2D eigenvalue weighted by Gasteiger charge is 2.12. The molecular formula is C12H12BrN5O3. The van der Waals surface area contributed by atoms with Crippen LogP contribution in [0.15, 0.2) is 35.1 Å². The number of anilines is 1. The molecule has 110 valence electrons.